The van der Waals surface area contributed by atoms with E-state index in [4.69, 9.17) is 10.5 Å². The monoisotopic (exact) mass is 255 g/mol. The zero-order valence-corrected chi connectivity index (χ0v) is 8.75. The Morgan fingerprint density at radius 1 is 1.70 bits per heavy atom. The summed E-state index contributed by atoms with van der Waals surface area (Å²) in [4.78, 5) is 0. The third kappa shape index (κ3) is 1.83. The van der Waals surface area contributed by atoms with Gasteiger partial charge in [-0.25, -0.2) is 0 Å². The van der Waals surface area contributed by atoms with Crippen molar-refractivity contribution >= 4 is 22.6 Å². The minimum absolute atomic E-state index is 0.132. The van der Waals surface area contributed by atoms with Crippen LogP contribution < -0.4 is 5.73 Å². The van der Waals surface area contributed by atoms with Crippen molar-refractivity contribution in [3.05, 3.63) is 0 Å². The van der Waals surface area contributed by atoms with E-state index in [0.717, 1.165) is 0 Å². The molecule has 1 rings (SSSR count). The molecule has 2 unspecified atom stereocenters. The molecule has 1 fully saturated rings. The zero-order chi connectivity index (χ0) is 7.94. The topological polar surface area (TPSA) is 38.5 Å². The summed E-state index contributed by atoms with van der Waals surface area (Å²) in [7, 11) is 0. The predicted molar refractivity (Wildman–Crippen MR) is 50.1 cm³/mol. The van der Waals surface area contributed by atoms with Crippen molar-refractivity contribution in [1.29, 1.82) is 0 Å². The second-order valence-corrected chi connectivity index (χ2v) is 5.57. The maximum atomic E-state index is 5.89. The van der Waals surface area contributed by atoms with Gasteiger partial charge in [0.2, 0.25) is 0 Å². The molecule has 0 spiro atoms. The van der Waals surface area contributed by atoms with Crippen molar-refractivity contribution in [2.75, 3.05) is 0 Å². The maximum Gasteiger partial charge on any atom is 0.0889 e. The average molecular weight is 255 g/mol. The maximum absolute atomic E-state index is 5.89. The molecule has 2 N–H and O–H groups in total. The van der Waals surface area contributed by atoms with Gasteiger partial charge in [0, 0.05) is 5.92 Å². The summed E-state index contributed by atoms with van der Waals surface area (Å²) in [5.74, 6) is 0.447. The van der Waals surface area contributed by atoms with E-state index in [1.807, 2.05) is 6.92 Å². The lowest BCUT2D eigenvalue weighted by atomic mass is 9.99. The molecule has 3 heteroatoms. The largest absolute Gasteiger partial charge is 0.369 e. The molecule has 0 aromatic heterocycles. The minimum atomic E-state index is -0.132. The Hall–Kier alpha value is 0.650. The van der Waals surface area contributed by atoms with E-state index in [1.54, 1.807) is 0 Å². The highest BCUT2D eigenvalue weighted by atomic mass is 127. The second-order valence-electron chi connectivity index (χ2n) is 3.25. The molecule has 4 atom stereocenters. The van der Waals surface area contributed by atoms with Crippen LogP contribution in [0.2, 0.25) is 0 Å². The number of hydrogen-bond acceptors (Lipinski definition) is 2. The fraction of sp³-hybridized carbons (Fsp3) is 1.00. The molecule has 0 bridgehead atoms. The highest BCUT2D eigenvalue weighted by Crippen LogP contribution is 2.36. The Balaban J connectivity index is 2.42. The first-order valence-electron chi connectivity index (χ1n) is 3.56. The van der Waals surface area contributed by atoms with Gasteiger partial charge < -0.3 is 10.5 Å². The van der Waals surface area contributed by atoms with Crippen molar-refractivity contribution in [3.63, 3.8) is 0 Å². The molecule has 0 amide bonds. The molecular weight excluding hydrogens is 241 g/mol. The Labute approximate surface area is 75.6 Å². The van der Waals surface area contributed by atoms with Crippen molar-refractivity contribution in [2.45, 2.75) is 36.5 Å². The van der Waals surface area contributed by atoms with Crippen LogP contribution in [-0.2, 0) is 4.74 Å². The molecule has 0 aromatic carbocycles. The predicted octanol–water partition coefficient (Wildman–Crippen LogP) is 1.52. The standard InChI is InChI=1S/C7H14INO/c1-4(7(3,8)9)6-5(2)10-6/h4-6H,9H2,1-3H3/t4?,5-,6?,7-/m1/s1. The summed E-state index contributed by atoms with van der Waals surface area (Å²) in [5, 5.41) is 0. The normalized spacial score (nSPS) is 40.5. The second kappa shape index (κ2) is 2.60. The SMILES string of the molecule is CC(C1O[C@@H]1C)[C@@](C)(N)I. The number of nitrogens with two attached hydrogens (primary N) is 1. The van der Waals surface area contributed by atoms with E-state index in [1.165, 1.54) is 0 Å². The number of hydrogen-bond donors (Lipinski definition) is 1. The van der Waals surface area contributed by atoms with E-state index in [9.17, 15) is 0 Å². The highest BCUT2D eigenvalue weighted by Gasteiger charge is 2.44. The molecule has 1 aliphatic rings. The van der Waals surface area contributed by atoms with Gasteiger partial charge in [0.1, 0.15) is 0 Å². The Kier molecular flexibility index (Phi) is 2.28. The fourth-order valence-electron chi connectivity index (χ4n) is 1.05. The van der Waals surface area contributed by atoms with Crippen LogP contribution in [0.4, 0.5) is 0 Å². The van der Waals surface area contributed by atoms with E-state index >= 15 is 0 Å². The molecule has 1 aliphatic heterocycles. The van der Waals surface area contributed by atoms with Crippen LogP contribution in [0.15, 0.2) is 0 Å². The fourth-order valence-corrected chi connectivity index (χ4v) is 1.40. The van der Waals surface area contributed by atoms with Crippen LogP contribution in [0, 0.1) is 5.92 Å². The number of rotatable bonds is 2. The first-order chi connectivity index (χ1) is 4.43. The molecule has 0 aliphatic carbocycles. The number of halogens is 1. The van der Waals surface area contributed by atoms with Gasteiger partial charge in [0.05, 0.1) is 15.8 Å². The average Bonchev–Trinajstić information content (AvgIpc) is 2.42. The van der Waals surface area contributed by atoms with Gasteiger partial charge in [-0.05, 0) is 13.8 Å². The van der Waals surface area contributed by atoms with Gasteiger partial charge in [0.15, 0.2) is 0 Å². The van der Waals surface area contributed by atoms with Crippen LogP contribution in [0.1, 0.15) is 20.8 Å². The molecule has 0 radical (unpaired) electrons. The smallest absolute Gasteiger partial charge is 0.0889 e. The lowest BCUT2D eigenvalue weighted by Gasteiger charge is -2.23. The van der Waals surface area contributed by atoms with Crippen LogP contribution >= 0.6 is 22.6 Å². The van der Waals surface area contributed by atoms with E-state index < -0.39 is 0 Å². The summed E-state index contributed by atoms with van der Waals surface area (Å²) < 4.78 is 5.19. The summed E-state index contributed by atoms with van der Waals surface area (Å²) >= 11 is 2.27. The summed E-state index contributed by atoms with van der Waals surface area (Å²) in [5.41, 5.74) is 5.89. The van der Waals surface area contributed by atoms with Crippen LogP contribution in [0.5, 0.6) is 0 Å². The van der Waals surface area contributed by atoms with Gasteiger partial charge in [-0.3, -0.25) is 0 Å². The lowest BCUT2D eigenvalue weighted by molar-refractivity contribution is 0.302. The molecule has 0 aromatic rings. The van der Waals surface area contributed by atoms with Gasteiger partial charge in [-0.1, -0.05) is 29.5 Å². The quantitative estimate of drug-likeness (QED) is 0.351. The molecule has 1 saturated heterocycles. The van der Waals surface area contributed by atoms with Crippen LogP contribution in [0.25, 0.3) is 0 Å². The minimum Gasteiger partial charge on any atom is -0.369 e. The van der Waals surface area contributed by atoms with Crippen molar-refractivity contribution in [3.8, 4) is 0 Å². The van der Waals surface area contributed by atoms with Gasteiger partial charge in [-0.15, -0.1) is 0 Å². The Bertz CT molecular complexity index is 132. The van der Waals surface area contributed by atoms with Crippen molar-refractivity contribution < 1.29 is 4.74 Å². The Morgan fingerprint density at radius 3 is 2.20 bits per heavy atom. The van der Waals surface area contributed by atoms with Gasteiger partial charge in [-0.2, -0.15) is 0 Å². The summed E-state index contributed by atoms with van der Waals surface area (Å²) in [6.07, 6.45) is 0.819. The first kappa shape index (κ1) is 8.74. The molecule has 0 saturated carbocycles. The van der Waals surface area contributed by atoms with Crippen molar-refractivity contribution in [1.82, 2.24) is 0 Å². The first-order valence-corrected chi connectivity index (χ1v) is 4.64. The van der Waals surface area contributed by atoms with Crippen LogP contribution in [0.3, 0.4) is 0 Å². The summed E-state index contributed by atoms with van der Waals surface area (Å²) in [6, 6.07) is 0. The molecule has 10 heavy (non-hydrogen) atoms. The molecule has 60 valence electrons. The van der Waals surface area contributed by atoms with Crippen molar-refractivity contribution in [2.24, 2.45) is 11.7 Å². The number of alkyl halides is 1. The number of epoxide rings is 1. The number of ether oxygens (including phenoxy) is 1. The summed E-state index contributed by atoms with van der Waals surface area (Å²) in [6.45, 7) is 6.26. The molecular formula is C7H14INO. The zero-order valence-electron chi connectivity index (χ0n) is 6.60. The Morgan fingerprint density at radius 2 is 2.10 bits per heavy atom. The molecule has 2 nitrogen and oxygen atoms in total. The van der Waals surface area contributed by atoms with E-state index in [0.29, 0.717) is 18.1 Å². The lowest BCUT2D eigenvalue weighted by Crippen LogP contribution is -2.39. The van der Waals surface area contributed by atoms with E-state index in [-0.39, 0.29) is 3.55 Å². The van der Waals surface area contributed by atoms with Gasteiger partial charge in [0.25, 0.3) is 0 Å². The third-order valence-corrected chi connectivity index (χ3v) is 3.12. The van der Waals surface area contributed by atoms with E-state index in [2.05, 4.69) is 36.4 Å². The van der Waals surface area contributed by atoms with Gasteiger partial charge >= 0.3 is 0 Å². The van der Waals surface area contributed by atoms with Crippen LogP contribution in [-0.4, -0.2) is 15.8 Å². The third-order valence-electron chi connectivity index (χ3n) is 2.14. The molecule has 1 heterocycles. The highest BCUT2D eigenvalue weighted by molar-refractivity contribution is 14.1.